The third-order valence-electron chi connectivity index (χ3n) is 0.850. The van der Waals surface area contributed by atoms with E-state index < -0.39 is 0 Å². The van der Waals surface area contributed by atoms with Crippen LogP contribution in [0.15, 0.2) is 29.7 Å². The van der Waals surface area contributed by atoms with Crippen molar-refractivity contribution in [3.63, 3.8) is 0 Å². The van der Waals surface area contributed by atoms with Crippen molar-refractivity contribution in [1.29, 1.82) is 0 Å². The molecule has 0 unspecified atom stereocenters. The van der Waals surface area contributed by atoms with E-state index >= 15 is 0 Å². The Bertz CT molecular complexity index is 148. The summed E-state index contributed by atoms with van der Waals surface area (Å²) < 4.78 is 0. The molecule has 0 aliphatic heterocycles. The van der Waals surface area contributed by atoms with E-state index in [0.29, 0.717) is 0 Å². The van der Waals surface area contributed by atoms with Crippen LogP contribution >= 0.6 is 0 Å². The van der Waals surface area contributed by atoms with Gasteiger partial charge in [-0.3, -0.25) is 0 Å². The number of allylic oxidation sites excluding steroid dienone is 2. The van der Waals surface area contributed by atoms with E-state index in [1.165, 1.54) is 5.57 Å². The molecule has 0 saturated carbocycles. The molecule has 0 aromatic carbocycles. The largest absolute Gasteiger partial charge is 0.394 e. The summed E-state index contributed by atoms with van der Waals surface area (Å²) in [5, 5.41) is 2.93. The van der Waals surface area contributed by atoms with Gasteiger partial charge in [0.15, 0.2) is 0 Å². The number of hydrogen-bond donors (Lipinski definition) is 1. The first-order valence-corrected chi connectivity index (χ1v) is 3.02. The first-order chi connectivity index (χ1) is 4.31. The fourth-order valence-corrected chi connectivity index (χ4v) is 0.484. The first kappa shape index (κ1) is 8.06. The highest BCUT2D eigenvalue weighted by molar-refractivity contribution is 5.13. The monoisotopic (exact) mass is 123 g/mol. The molecule has 0 rings (SSSR count). The molecule has 0 aliphatic carbocycles. The maximum Gasteiger partial charge on any atom is 0.00278 e. The highest BCUT2D eigenvalue weighted by Crippen LogP contribution is 1.88. The van der Waals surface area contributed by atoms with Crippen LogP contribution in [0.1, 0.15) is 13.8 Å². The quantitative estimate of drug-likeness (QED) is 0.436. The number of hydrogen-bond acceptors (Lipinski definition) is 1. The predicted octanol–water partition coefficient (Wildman–Crippen LogP) is 1.84. The molecule has 0 amide bonds. The van der Waals surface area contributed by atoms with Crippen LogP contribution in [0.4, 0.5) is 0 Å². The summed E-state index contributed by atoms with van der Waals surface area (Å²) in [6, 6.07) is 0. The molecule has 1 nitrogen and oxygen atoms in total. The lowest BCUT2D eigenvalue weighted by atomic mass is 10.3. The molecule has 1 heteroatoms. The Hall–Kier alpha value is -0.940. The topological polar surface area (TPSA) is 12.0 Å². The number of rotatable bonds is 2. The molecule has 0 radical (unpaired) electrons. The zero-order chi connectivity index (χ0) is 7.11. The van der Waals surface area contributed by atoms with Crippen molar-refractivity contribution < 1.29 is 0 Å². The van der Waals surface area contributed by atoms with Gasteiger partial charge >= 0.3 is 0 Å². The summed E-state index contributed by atoms with van der Waals surface area (Å²) in [6.07, 6.45) is 5.74. The molecule has 0 saturated heterocycles. The lowest BCUT2D eigenvalue weighted by Crippen LogP contribution is -1.92. The molecule has 0 aliphatic rings. The zero-order valence-corrected chi connectivity index (χ0v) is 6.23. The van der Waals surface area contributed by atoms with Crippen molar-refractivity contribution in [3.05, 3.63) is 29.7 Å². The van der Waals surface area contributed by atoms with E-state index in [-0.39, 0.29) is 0 Å². The van der Waals surface area contributed by atoms with E-state index in [0.717, 1.165) is 0 Å². The van der Waals surface area contributed by atoms with E-state index in [1.54, 1.807) is 0 Å². The van der Waals surface area contributed by atoms with Gasteiger partial charge in [-0.25, -0.2) is 0 Å². The highest BCUT2D eigenvalue weighted by Gasteiger charge is 1.73. The van der Waals surface area contributed by atoms with Gasteiger partial charge in [0.1, 0.15) is 0 Å². The molecule has 0 spiro atoms. The minimum Gasteiger partial charge on any atom is -0.394 e. The van der Waals surface area contributed by atoms with Crippen molar-refractivity contribution in [1.82, 2.24) is 5.32 Å². The van der Waals surface area contributed by atoms with Crippen LogP contribution < -0.4 is 5.32 Å². The lowest BCUT2D eigenvalue weighted by molar-refractivity contribution is 1.08. The Morgan fingerprint density at radius 2 is 2.22 bits per heavy atom. The van der Waals surface area contributed by atoms with Crippen molar-refractivity contribution in [3.8, 4) is 0 Å². The highest BCUT2D eigenvalue weighted by atomic mass is 14.8. The Kier molecular flexibility index (Phi) is 4.66. The van der Waals surface area contributed by atoms with Gasteiger partial charge in [0, 0.05) is 7.05 Å². The molecule has 0 aromatic rings. The van der Waals surface area contributed by atoms with Gasteiger partial charge in [-0.05, 0) is 37.8 Å². The normalized spacial score (nSPS) is 9.89. The third kappa shape index (κ3) is 4.92. The van der Waals surface area contributed by atoms with Crippen LogP contribution in [0.5, 0.6) is 0 Å². The van der Waals surface area contributed by atoms with Crippen LogP contribution in [0.25, 0.3) is 0 Å². The molecule has 9 heavy (non-hydrogen) atoms. The fraction of sp³-hybridized carbons (Fsp3) is 0.375. The predicted molar refractivity (Wildman–Crippen MR) is 41.1 cm³/mol. The van der Waals surface area contributed by atoms with Crippen molar-refractivity contribution in [2.24, 2.45) is 0 Å². The average molecular weight is 123 g/mol. The summed E-state index contributed by atoms with van der Waals surface area (Å²) >= 11 is 0. The molecular formula is C8H13N. The first-order valence-electron chi connectivity index (χ1n) is 3.02. The average Bonchev–Trinajstić information content (AvgIpc) is 1.85. The second-order valence-corrected chi connectivity index (χ2v) is 1.78. The van der Waals surface area contributed by atoms with Crippen LogP contribution in [0.2, 0.25) is 0 Å². The van der Waals surface area contributed by atoms with Gasteiger partial charge in [0.25, 0.3) is 0 Å². The Balaban J connectivity index is 3.90. The molecule has 50 valence electrons. The SMILES string of the molecule is CC=C=C/C(C)=C\NC. The maximum absolute atomic E-state index is 2.97. The van der Waals surface area contributed by atoms with Gasteiger partial charge in [-0.2, -0.15) is 0 Å². The molecule has 0 fully saturated rings. The third-order valence-corrected chi connectivity index (χ3v) is 0.850. The standard InChI is InChI=1S/C8H13N/c1-4-5-6-8(2)7-9-3/h4,6-7,9H,1-3H3/b8-7-. The summed E-state index contributed by atoms with van der Waals surface area (Å²) in [7, 11) is 1.88. The van der Waals surface area contributed by atoms with Crippen LogP contribution in [-0.4, -0.2) is 7.05 Å². The molecule has 0 heterocycles. The second-order valence-electron chi connectivity index (χ2n) is 1.78. The fourth-order valence-electron chi connectivity index (χ4n) is 0.484. The van der Waals surface area contributed by atoms with E-state index in [2.05, 4.69) is 11.0 Å². The Morgan fingerprint density at radius 3 is 2.67 bits per heavy atom. The number of nitrogens with one attached hydrogen (secondary N) is 1. The lowest BCUT2D eigenvalue weighted by Gasteiger charge is -1.87. The van der Waals surface area contributed by atoms with Crippen LogP contribution in [0, 0.1) is 0 Å². The van der Waals surface area contributed by atoms with E-state index in [1.807, 2.05) is 39.2 Å². The minimum absolute atomic E-state index is 1.18. The summed E-state index contributed by atoms with van der Waals surface area (Å²) in [4.78, 5) is 0. The van der Waals surface area contributed by atoms with Crippen molar-refractivity contribution in [2.75, 3.05) is 7.05 Å². The summed E-state index contributed by atoms with van der Waals surface area (Å²) in [5.74, 6) is 0. The van der Waals surface area contributed by atoms with Crippen molar-refractivity contribution >= 4 is 0 Å². The maximum atomic E-state index is 2.97. The van der Waals surface area contributed by atoms with Gasteiger partial charge in [-0.1, -0.05) is 0 Å². The van der Waals surface area contributed by atoms with Gasteiger partial charge in [-0.15, -0.1) is 5.73 Å². The Labute approximate surface area is 56.8 Å². The molecule has 0 bridgehead atoms. The van der Waals surface area contributed by atoms with E-state index in [4.69, 9.17) is 0 Å². The molecule has 1 N–H and O–H groups in total. The minimum atomic E-state index is 1.18. The Morgan fingerprint density at radius 1 is 1.56 bits per heavy atom. The second kappa shape index (κ2) is 5.20. The molecule has 0 atom stereocenters. The smallest absolute Gasteiger partial charge is 0.00278 e. The van der Waals surface area contributed by atoms with Crippen LogP contribution in [0.3, 0.4) is 0 Å². The zero-order valence-electron chi connectivity index (χ0n) is 6.23. The molecule has 0 aromatic heterocycles. The van der Waals surface area contributed by atoms with Gasteiger partial charge in [0.2, 0.25) is 0 Å². The van der Waals surface area contributed by atoms with E-state index in [9.17, 15) is 0 Å². The van der Waals surface area contributed by atoms with Gasteiger partial charge in [0.05, 0.1) is 0 Å². The molecular weight excluding hydrogens is 110 g/mol. The van der Waals surface area contributed by atoms with Gasteiger partial charge < -0.3 is 5.32 Å². The van der Waals surface area contributed by atoms with Crippen molar-refractivity contribution in [2.45, 2.75) is 13.8 Å². The summed E-state index contributed by atoms with van der Waals surface area (Å²) in [5.41, 5.74) is 4.15. The summed E-state index contributed by atoms with van der Waals surface area (Å²) in [6.45, 7) is 3.97. The van der Waals surface area contributed by atoms with Crippen LogP contribution in [-0.2, 0) is 0 Å².